The van der Waals surface area contributed by atoms with Gasteiger partial charge in [0.2, 0.25) is 0 Å². The number of carbonyl (C=O) groups is 2. The summed E-state index contributed by atoms with van der Waals surface area (Å²) in [5.41, 5.74) is 1.75. The average Bonchev–Trinajstić information content (AvgIpc) is 2.55. The highest BCUT2D eigenvalue weighted by molar-refractivity contribution is 9.10. The Balaban J connectivity index is 2.47. The SMILES string of the molecule is C#CCN(C)c1cc2c(cc1Br)C(=O)C(=O)N2. The molecule has 0 unspecified atom stereocenters. The molecule has 0 fully saturated rings. The standard InChI is InChI=1S/C12H9BrN2O2/c1-3-4-15(2)10-6-9-7(5-8(10)13)11(16)12(17)14-9/h1,5-6H,4H2,2H3,(H,14,16,17). The Kier molecular flexibility index (Phi) is 2.90. The van der Waals surface area contributed by atoms with Crippen molar-refractivity contribution in [2.75, 3.05) is 23.8 Å². The summed E-state index contributed by atoms with van der Waals surface area (Å²) in [6.07, 6.45) is 5.24. The number of benzene rings is 1. The molecule has 4 nitrogen and oxygen atoms in total. The molecule has 0 aliphatic carbocycles. The molecule has 0 atom stereocenters. The van der Waals surface area contributed by atoms with E-state index < -0.39 is 11.7 Å². The third-order valence-corrected chi connectivity index (χ3v) is 3.16. The van der Waals surface area contributed by atoms with Crippen molar-refractivity contribution in [3.8, 4) is 12.3 Å². The fraction of sp³-hybridized carbons (Fsp3) is 0.167. The van der Waals surface area contributed by atoms with E-state index in [0.29, 0.717) is 17.8 Å². The van der Waals surface area contributed by atoms with E-state index in [1.807, 2.05) is 11.9 Å². The van der Waals surface area contributed by atoms with Crippen LogP contribution in [0.1, 0.15) is 10.4 Å². The number of amides is 1. The van der Waals surface area contributed by atoms with Crippen LogP contribution in [0.15, 0.2) is 16.6 Å². The molecule has 0 aromatic heterocycles. The zero-order valence-electron chi connectivity index (χ0n) is 9.08. The van der Waals surface area contributed by atoms with Crippen molar-refractivity contribution in [1.29, 1.82) is 0 Å². The molecule has 0 radical (unpaired) electrons. The number of fused-ring (bicyclic) bond motifs is 1. The number of nitrogens with one attached hydrogen (secondary N) is 1. The molecule has 0 bridgehead atoms. The summed E-state index contributed by atoms with van der Waals surface area (Å²) < 4.78 is 0.735. The maximum absolute atomic E-state index is 11.5. The van der Waals surface area contributed by atoms with E-state index in [2.05, 4.69) is 27.2 Å². The molecule has 1 amide bonds. The van der Waals surface area contributed by atoms with Gasteiger partial charge in [0.15, 0.2) is 0 Å². The minimum atomic E-state index is -0.594. The monoisotopic (exact) mass is 292 g/mol. The molecule has 1 aliphatic rings. The van der Waals surface area contributed by atoms with E-state index >= 15 is 0 Å². The summed E-state index contributed by atoms with van der Waals surface area (Å²) in [5, 5.41) is 2.52. The molecule has 5 heteroatoms. The molecule has 0 saturated carbocycles. The number of halogens is 1. The molecule has 1 aromatic rings. The summed E-state index contributed by atoms with van der Waals surface area (Å²) in [7, 11) is 1.84. The number of ketones is 1. The van der Waals surface area contributed by atoms with Crippen molar-refractivity contribution in [2.45, 2.75) is 0 Å². The van der Waals surface area contributed by atoms with Gasteiger partial charge in [0.05, 0.1) is 23.5 Å². The van der Waals surface area contributed by atoms with Crippen LogP contribution in [-0.4, -0.2) is 25.3 Å². The smallest absolute Gasteiger partial charge is 0.296 e. The molecule has 17 heavy (non-hydrogen) atoms. The lowest BCUT2D eigenvalue weighted by Gasteiger charge is -2.18. The molecule has 1 aliphatic heterocycles. The van der Waals surface area contributed by atoms with E-state index in [0.717, 1.165) is 10.2 Å². The van der Waals surface area contributed by atoms with E-state index in [-0.39, 0.29) is 0 Å². The zero-order valence-corrected chi connectivity index (χ0v) is 10.7. The second kappa shape index (κ2) is 4.22. The topological polar surface area (TPSA) is 49.4 Å². The third-order valence-electron chi connectivity index (χ3n) is 2.53. The van der Waals surface area contributed by atoms with Gasteiger partial charge in [0, 0.05) is 11.5 Å². The molecule has 0 spiro atoms. The van der Waals surface area contributed by atoms with Crippen LogP contribution in [0.25, 0.3) is 0 Å². The van der Waals surface area contributed by atoms with Gasteiger partial charge in [-0.05, 0) is 28.1 Å². The third kappa shape index (κ3) is 1.92. The fourth-order valence-electron chi connectivity index (χ4n) is 1.67. The molecule has 1 heterocycles. The summed E-state index contributed by atoms with van der Waals surface area (Å²) >= 11 is 3.37. The van der Waals surface area contributed by atoms with Gasteiger partial charge in [-0.1, -0.05) is 5.92 Å². The van der Waals surface area contributed by atoms with Crippen LogP contribution < -0.4 is 10.2 Å². The quantitative estimate of drug-likeness (QED) is 0.666. The van der Waals surface area contributed by atoms with Crippen LogP contribution in [0.3, 0.4) is 0 Å². The van der Waals surface area contributed by atoms with Crippen LogP contribution >= 0.6 is 15.9 Å². The van der Waals surface area contributed by atoms with E-state index in [1.54, 1.807) is 12.1 Å². The zero-order chi connectivity index (χ0) is 12.6. The van der Waals surface area contributed by atoms with Crippen molar-refractivity contribution in [3.05, 3.63) is 22.2 Å². The second-order valence-corrected chi connectivity index (χ2v) is 4.55. The van der Waals surface area contributed by atoms with Crippen LogP contribution in [0.5, 0.6) is 0 Å². The average molecular weight is 293 g/mol. The van der Waals surface area contributed by atoms with E-state index in [1.165, 1.54) is 0 Å². The van der Waals surface area contributed by atoms with E-state index in [4.69, 9.17) is 6.42 Å². The number of Topliss-reactive ketones (excluding diaryl/α,β-unsaturated/α-hetero) is 1. The second-order valence-electron chi connectivity index (χ2n) is 3.69. The van der Waals surface area contributed by atoms with Gasteiger partial charge in [0.25, 0.3) is 11.7 Å². The van der Waals surface area contributed by atoms with Crippen molar-refractivity contribution in [1.82, 2.24) is 0 Å². The molecule has 2 rings (SSSR count). The lowest BCUT2D eigenvalue weighted by Crippen LogP contribution is -2.17. The van der Waals surface area contributed by atoms with Gasteiger partial charge in [-0.3, -0.25) is 9.59 Å². The van der Waals surface area contributed by atoms with Gasteiger partial charge in [0.1, 0.15) is 0 Å². The van der Waals surface area contributed by atoms with E-state index in [9.17, 15) is 9.59 Å². The number of carbonyl (C=O) groups excluding carboxylic acids is 2. The first-order chi connectivity index (χ1) is 8.04. The largest absolute Gasteiger partial charge is 0.362 e. The van der Waals surface area contributed by atoms with Gasteiger partial charge < -0.3 is 10.2 Å². The highest BCUT2D eigenvalue weighted by Crippen LogP contribution is 2.34. The van der Waals surface area contributed by atoms with Crippen molar-refractivity contribution >= 4 is 39.0 Å². The number of nitrogens with zero attached hydrogens (tertiary/aromatic N) is 1. The van der Waals surface area contributed by atoms with Gasteiger partial charge in [-0.15, -0.1) is 6.42 Å². The Morgan fingerprint density at radius 1 is 1.47 bits per heavy atom. The molecule has 0 saturated heterocycles. The Bertz CT molecular complexity index is 560. The van der Waals surface area contributed by atoms with Crippen molar-refractivity contribution in [2.24, 2.45) is 0 Å². The first-order valence-corrected chi connectivity index (χ1v) is 5.67. The minimum Gasteiger partial charge on any atom is -0.362 e. The minimum absolute atomic E-state index is 0.389. The first-order valence-electron chi connectivity index (χ1n) is 4.88. The molecule has 86 valence electrons. The van der Waals surface area contributed by atoms with Crippen LogP contribution in [0, 0.1) is 12.3 Å². The van der Waals surface area contributed by atoms with Crippen LogP contribution in [-0.2, 0) is 4.79 Å². The Morgan fingerprint density at radius 2 is 2.18 bits per heavy atom. The van der Waals surface area contributed by atoms with Crippen LogP contribution in [0.4, 0.5) is 11.4 Å². The number of terminal acetylenes is 1. The highest BCUT2D eigenvalue weighted by Gasteiger charge is 2.29. The normalized spacial score (nSPS) is 13.0. The van der Waals surface area contributed by atoms with Gasteiger partial charge >= 0.3 is 0 Å². The molecule has 1 aromatic carbocycles. The Hall–Kier alpha value is -1.80. The molecular weight excluding hydrogens is 284 g/mol. The van der Waals surface area contributed by atoms with Gasteiger partial charge in [-0.2, -0.15) is 0 Å². The summed E-state index contributed by atoms with van der Waals surface area (Å²) in [5.74, 6) is 1.43. The predicted octanol–water partition coefficient (Wildman–Crippen LogP) is 1.65. The van der Waals surface area contributed by atoms with Gasteiger partial charge in [-0.25, -0.2) is 0 Å². The highest BCUT2D eigenvalue weighted by atomic mass is 79.9. The van der Waals surface area contributed by atoms with Crippen molar-refractivity contribution in [3.63, 3.8) is 0 Å². The lowest BCUT2D eigenvalue weighted by atomic mass is 10.1. The fourth-order valence-corrected chi connectivity index (χ4v) is 2.32. The Labute approximate surface area is 107 Å². The maximum Gasteiger partial charge on any atom is 0.296 e. The lowest BCUT2D eigenvalue weighted by molar-refractivity contribution is -0.112. The number of anilines is 2. The number of hydrogen-bond donors (Lipinski definition) is 1. The first kappa shape index (κ1) is 11.7. The summed E-state index contributed by atoms with van der Waals surface area (Å²) in [6.45, 7) is 0.444. The summed E-state index contributed by atoms with van der Waals surface area (Å²) in [6, 6.07) is 3.37. The Morgan fingerprint density at radius 3 is 2.82 bits per heavy atom. The summed E-state index contributed by atoms with van der Waals surface area (Å²) in [4.78, 5) is 24.6. The van der Waals surface area contributed by atoms with Crippen LogP contribution in [0.2, 0.25) is 0 Å². The molecular formula is C12H9BrN2O2. The maximum atomic E-state index is 11.5. The number of hydrogen-bond acceptors (Lipinski definition) is 3. The molecule has 1 N–H and O–H groups in total. The predicted molar refractivity (Wildman–Crippen MR) is 69.2 cm³/mol. The number of rotatable bonds is 2. The van der Waals surface area contributed by atoms with Crippen molar-refractivity contribution < 1.29 is 9.59 Å².